The average molecular weight is 386 g/mol. The maximum Gasteiger partial charge on any atom is 0.319 e. The maximum absolute atomic E-state index is 12.3. The van der Waals surface area contributed by atoms with Gasteiger partial charge in [0.1, 0.15) is 0 Å². The number of anilines is 1. The Morgan fingerprint density at radius 2 is 2.04 bits per heavy atom. The number of amides is 2. The first-order chi connectivity index (χ1) is 13.6. The van der Waals surface area contributed by atoms with Crippen molar-refractivity contribution in [3.8, 4) is 5.69 Å². The number of aryl methyl sites for hydroxylation is 1. The van der Waals surface area contributed by atoms with Crippen molar-refractivity contribution in [2.24, 2.45) is 0 Å². The van der Waals surface area contributed by atoms with E-state index in [1.165, 1.54) is 6.42 Å². The van der Waals surface area contributed by atoms with Crippen molar-refractivity contribution in [1.29, 1.82) is 0 Å². The molecule has 1 aliphatic heterocycles. The van der Waals surface area contributed by atoms with Crippen molar-refractivity contribution >= 4 is 11.7 Å². The highest BCUT2D eigenvalue weighted by Crippen LogP contribution is 2.22. The lowest BCUT2D eigenvalue weighted by Crippen LogP contribution is -2.34. The number of carbonyl (C=O) groups excluding carboxylic acids is 1. The summed E-state index contributed by atoms with van der Waals surface area (Å²) in [6.45, 7) is 6.79. The van der Waals surface area contributed by atoms with Gasteiger partial charge in [-0.25, -0.2) is 9.48 Å². The van der Waals surface area contributed by atoms with E-state index in [2.05, 4.69) is 20.6 Å². The second-order valence-electron chi connectivity index (χ2n) is 7.40. The minimum absolute atomic E-state index is 0.201. The highest BCUT2D eigenvalue weighted by Gasteiger charge is 2.22. The van der Waals surface area contributed by atoms with E-state index in [9.17, 15) is 9.90 Å². The fourth-order valence-electron chi connectivity index (χ4n) is 3.84. The summed E-state index contributed by atoms with van der Waals surface area (Å²) < 4.78 is 1.85. The van der Waals surface area contributed by atoms with Crippen molar-refractivity contribution in [2.45, 2.75) is 45.6 Å². The third-order valence-electron chi connectivity index (χ3n) is 5.40. The first-order valence-electron chi connectivity index (χ1n) is 10.1. The summed E-state index contributed by atoms with van der Waals surface area (Å²) in [5.41, 5.74) is 3.42. The van der Waals surface area contributed by atoms with E-state index in [-0.39, 0.29) is 12.6 Å². The Bertz CT molecular complexity index is 775. The van der Waals surface area contributed by atoms with E-state index in [0.717, 1.165) is 55.1 Å². The quantitative estimate of drug-likeness (QED) is 0.610. The molecule has 28 heavy (non-hydrogen) atoms. The Hall–Kier alpha value is -2.38. The first kappa shape index (κ1) is 20.4. The summed E-state index contributed by atoms with van der Waals surface area (Å²) in [4.78, 5) is 14.6. The molecule has 0 spiro atoms. The molecule has 2 aromatic rings. The van der Waals surface area contributed by atoms with Crippen molar-refractivity contribution in [3.63, 3.8) is 0 Å². The number of para-hydroxylation sites is 1. The minimum atomic E-state index is -0.201. The molecule has 152 valence electrons. The number of carbonyl (C=O) groups is 1. The predicted molar refractivity (Wildman–Crippen MR) is 111 cm³/mol. The second kappa shape index (κ2) is 9.71. The van der Waals surface area contributed by atoms with Gasteiger partial charge in [-0.2, -0.15) is 5.10 Å². The van der Waals surface area contributed by atoms with E-state index in [1.54, 1.807) is 0 Å². The van der Waals surface area contributed by atoms with Gasteiger partial charge in [-0.15, -0.1) is 0 Å². The van der Waals surface area contributed by atoms with Gasteiger partial charge in [-0.05, 0) is 64.8 Å². The zero-order chi connectivity index (χ0) is 19.9. The summed E-state index contributed by atoms with van der Waals surface area (Å²) >= 11 is 0. The number of likely N-dealkylation sites (tertiary alicyclic amines) is 1. The van der Waals surface area contributed by atoms with Gasteiger partial charge in [0.05, 0.1) is 29.4 Å². The van der Waals surface area contributed by atoms with Crippen molar-refractivity contribution in [2.75, 3.05) is 31.6 Å². The van der Waals surface area contributed by atoms with Crippen LogP contribution in [0.25, 0.3) is 5.69 Å². The molecule has 1 aromatic carbocycles. The summed E-state index contributed by atoms with van der Waals surface area (Å²) in [6, 6.07) is 10.0. The van der Waals surface area contributed by atoms with Gasteiger partial charge >= 0.3 is 6.03 Å². The molecule has 3 N–H and O–H groups in total. The van der Waals surface area contributed by atoms with Crippen molar-refractivity contribution < 1.29 is 9.90 Å². The zero-order valence-corrected chi connectivity index (χ0v) is 16.8. The molecule has 3 rings (SSSR count). The third-order valence-corrected chi connectivity index (χ3v) is 5.40. The number of aliphatic hydroxyl groups is 1. The molecule has 1 aromatic heterocycles. The lowest BCUT2D eigenvalue weighted by molar-refractivity contribution is 0.157. The normalized spacial score (nSPS) is 17.0. The van der Waals surface area contributed by atoms with Gasteiger partial charge in [0.25, 0.3) is 0 Å². The summed E-state index contributed by atoms with van der Waals surface area (Å²) in [7, 11) is 0. The summed E-state index contributed by atoms with van der Waals surface area (Å²) in [5.74, 6) is 0. The number of aliphatic hydroxyl groups excluding tert-OH is 1. The van der Waals surface area contributed by atoms with Gasteiger partial charge in [0.15, 0.2) is 0 Å². The number of hydrogen-bond acceptors (Lipinski definition) is 4. The Morgan fingerprint density at radius 1 is 1.25 bits per heavy atom. The van der Waals surface area contributed by atoms with Gasteiger partial charge in [0, 0.05) is 12.6 Å². The summed E-state index contributed by atoms with van der Waals surface area (Å²) in [5, 5.41) is 19.8. The number of hydrogen-bond donors (Lipinski definition) is 3. The van der Waals surface area contributed by atoms with E-state index < -0.39 is 0 Å². The standard InChI is InChI=1S/C21H31N5O2/c1-16-20(17(2)26(24-16)18-9-4-3-5-10-18)23-21(28)22-12-6-7-13-25-14-8-11-19(25)15-27/h3-5,9-10,19,27H,6-8,11-15H2,1-2H3,(H2,22,23,28). The second-order valence-corrected chi connectivity index (χ2v) is 7.40. The lowest BCUT2D eigenvalue weighted by Gasteiger charge is -2.22. The van der Waals surface area contributed by atoms with E-state index in [0.29, 0.717) is 12.6 Å². The Balaban J connectivity index is 1.44. The molecule has 0 bridgehead atoms. The number of nitrogens with zero attached hydrogens (tertiary/aromatic N) is 3. The molecule has 1 fully saturated rings. The van der Waals surface area contributed by atoms with Crippen LogP contribution in [0.1, 0.15) is 37.1 Å². The Kier molecular flexibility index (Phi) is 7.06. The topological polar surface area (TPSA) is 82.4 Å². The number of aromatic nitrogens is 2. The fourth-order valence-corrected chi connectivity index (χ4v) is 3.84. The van der Waals surface area contributed by atoms with Crippen LogP contribution in [0, 0.1) is 13.8 Å². The molecule has 1 unspecified atom stereocenters. The molecule has 7 nitrogen and oxygen atoms in total. The van der Waals surface area contributed by atoms with E-state index >= 15 is 0 Å². The smallest absolute Gasteiger partial charge is 0.319 e. The number of benzene rings is 1. The minimum Gasteiger partial charge on any atom is -0.395 e. The molecule has 1 atom stereocenters. The van der Waals surface area contributed by atoms with Gasteiger partial charge in [0.2, 0.25) is 0 Å². The molecule has 1 aliphatic rings. The molecule has 0 aliphatic carbocycles. The van der Waals surface area contributed by atoms with Crippen LogP contribution in [-0.2, 0) is 0 Å². The highest BCUT2D eigenvalue weighted by atomic mass is 16.3. The molecule has 2 heterocycles. The van der Waals surface area contributed by atoms with Crippen LogP contribution < -0.4 is 10.6 Å². The van der Waals surface area contributed by atoms with Crippen LogP contribution in [0.3, 0.4) is 0 Å². The van der Waals surface area contributed by atoms with Crippen molar-refractivity contribution in [1.82, 2.24) is 20.0 Å². The number of unbranched alkanes of at least 4 members (excludes halogenated alkanes) is 1. The first-order valence-corrected chi connectivity index (χ1v) is 10.1. The predicted octanol–water partition coefficient (Wildman–Crippen LogP) is 2.85. The lowest BCUT2D eigenvalue weighted by atomic mass is 10.2. The molecular formula is C21H31N5O2. The van der Waals surface area contributed by atoms with E-state index in [1.807, 2.05) is 48.9 Å². The maximum atomic E-state index is 12.3. The van der Waals surface area contributed by atoms with Crippen molar-refractivity contribution in [3.05, 3.63) is 41.7 Å². The van der Waals surface area contributed by atoms with Gasteiger partial charge < -0.3 is 15.7 Å². The monoisotopic (exact) mass is 385 g/mol. The van der Waals surface area contributed by atoms with E-state index in [4.69, 9.17) is 0 Å². The Labute approximate surface area is 166 Å². The van der Waals surface area contributed by atoms with Crippen LogP contribution in [0.2, 0.25) is 0 Å². The molecule has 7 heteroatoms. The molecule has 0 saturated carbocycles. The van der Waals surface area contributed by atoms with Crippen LogP contribution in [0.15, 0.2) is 30.3 Å². The van der Waals surface area contributed by atoms with Crippen LogP contribution in [0.4, 0.5) is 10.5 Å². The summed E-state index contributed by atoms with van der Waals surface area (Å²) in [6.07, 6.45) is 4.19. The van der Waals surface area contributed by atoms with Gasteiger partial charge in [-0.3, -0.25) is 4.90 Å². The zero-order valence-electron chi connectivity index (χ0n) is 16.8. The fraction of sp³-hybridized carbons (Fsp3) is 0.524. The largest absolute Gasteiger partial charge is 0.395 e. The molecular weight excluding hydrogens is 354 g/mol. The van der Waals surface area contributed by atoms with Crippen LogP contribution >= 0.6 is 0 Å². The molecule has 1 saturated heterocycles. The molecule has 2 amide bonds. The van der Waals surface area contributed by atoms with Gasteiger partial charge in [-0.1, -0.05) is 18.2 Å². The van der Waals surface area contributed by atoms with Crippen LogP contribution in [0.5, 0.6) is 0 Å². The number of rotatable bonds is 8. The number of urea groups is 1. The number of nitrogens with one attached hydrogen (secondary N) is 2. The molecule has 0 radical (unpaired) electrons. The van der Waals surface area contributed by atoms with Crippen LogP contribution in [-0.4, -0.2) is 58.1 Å². The SMILES string of the molecule is Cc1nn(-c2ccccc2)c(C)c1NC(=O)NCCCCN1CCCC1CO. The third kappa shape index (κ3) is 4.91. The highest BCUT2D eigenvalue weighted by molar-refractivity contribution is 5.90. The average Bonchev–Trinajstić information content (AvgIpc) is 3.27. The Morgan fingerprint density at radius 3 is 2.79 bits per heavy atom.